The lowest BCUT2D eigenvalue weighted by molar-refractivity contribution is 0.184. The second-order valence-electron chi connectivity index (χ2n) is 20.3. The van der Waals surface area contributed by atoms with Gasteiger partial charge >= 0.3 is 0 Å². The van der Waals surface area contributed by atoms with Crippen LogP contribution in [0.3, 0.4) is 0 Å². The highest BCUT2D eigenvalue weighted by molar-refractivity contribution is 5.42. The van der Waals surface area contributed by atoms with Crippen molar-refractivity contribution in [2.24, 2.45) is 66.0 Å². The fraction of sp³-hybridized carbons (Fsp3) is 0.854. The number of hydrogen-bond donors (Lipinski definition) is 0. The Morgan fingerprint density at radius 3 is 1.07 bits per heavy atom. The van der Waals surface area contributed by atoms with Crippen LogP contribution in [0.25, 0.3) is 0 Å². The van der Waals surface area contributed by atoms with E-state index in [0.29, 0.717) is 43.3 Å². The highest BCUT2D eigenvalue weighted by Gasteiger charge is 2.81. The Hall–Kier alpha value is -0.780. The summed E-state index contributed by atoms with van der Waals surface area (Å²) in [6, 6.07) is 8.99. The summed E-state index contributed by atoms with van der Waals surface area (Å²) in [5.41, 5.74) is 9.55. The molecule has 0 nitrogen and oxygen atoms in total. The van der Waals surface area contributed by atoms with Gasteiger partial charge in [0.25, 0.3) is 0 Å². The molecule has 0 heteroatoms. The topological polar surface area (TPSA) is 0 Å². The quantitative estimate of drug-likeness (QED) is 0.298. The van der Waals surface area contributed by atoms with Gasteiger partial charge in [0.15, 0.2) is 0 Å². The van der Waals surface area contributed by atoms with E-state index in [2.05, 4.69) is 107 Å². The molecule has 0 aromatic heterocycles. The van der Waals surface area contributed by atoms with E-state index in [1.54, 1.807) is 56.1 Å². The molecule has 0 N–H and O–H groups in total. The third kappa shape index (κ3) is 3.20. The zero-order valence-electron chi connectivity index (χ0n) is 29.2. The molecule has 0 aliphatic heterocycles. The number of fused-ring (bicyclic) bond motifs is 2. The minimum atomic E-state index is 0.499. The van der Waals surface area contributed by atoms with E-state index in [9.17, 15) is 0 Å². The van der Waals surface area contributed by atoms with Crippen molar-refractivity contribution in [3.8, 4) is 0 Å². The number of benzene rings is 1. The Labute approximate surface area is 254 Å². The summed E-state index contributed by atoms with van der Waals surface area (Å²) in [5, 5.41) is 0. The van der Waals surface area contributed by atoms with Gasteiger partial charge < -0.3 is 0 Å². The van der Waals surface area contributed by atoms with Crippen LogP contribution in [0.1, 0.15) is 152 Å². The van der Waals surface area contributed by atoms with Gasteiger partial charge in [-0.1, -0.05) is 107 Å². The molecule has 0 amide bonds. The van der Waals surface area contributed by atoms with E-state index < -0.39 is 0 Å². The SMILES string of the molecule is CC1(C)C(C)(C)C12CC1CC1C2.CC1(C)C(C)(C)C12CCC1(CC1)CC2.CC1(C)C(C)(C)C12Cc1ccccc1C2. The van der Waals surface area contributed by atoms with Crippen molar-refractivity contribution < 1.29 is 0 Å². The smallest absolute Gasteiger partial charge is 0.0103 e. The van der Waals surface area contributed by atoms with Crippen LogP contribution in [0.2, 0.25) is 0 Å². The molecule has 7 saturated carbocycles. The Morgan fingerprint density at radius 1 is 0.439 bits per heavy atom. The standard InChI is InChI=1S/C15H20.C14H24.C12H20/c1-13(2)14(3,4)15(13)9-11-7-5-6-8-12(11)10-15;1-11(2)12(3,4)14(11)9-7-13(5-6-13)8-10-14;1-10(2)11(3,4)12(10)6-8-5-9(8)7-12/h5-8H,9-10H2,1-4H3;5-10H2,1-4H3;8-9H,5-7H2,1-4H3. The van der Waals surface area contributed by atoms with Crippen LogP contribution in [0.4, 0.5) is 0 Å². The first kappa shape index (κ1) is 29.0. The van der Waals surface area contributed by atoms with Crippen LogP contribution in [-0.2, 0) is 12.8 Å². The first-order chi connectivity index (χ1) is 18.7. The monoisotopic (exact) mass is 557 g/mol. The lowest BCUT2D eigenvalue weighted by Gasteiger charge is -2.32. The lowest BCUT2D eigenvalue weighted by Crippen LogP contribution is -2.21. The molecule has 0 bridgehead atoms. The van der Waals surface area contributed by atoms with Crippen molar-refractivity contribution in [2.45, 2.75) is 154 Å². The molecule has 1 aromatic rings. The van der Waals surface area contributed by atoms with Gasteiger partial charge in [-0.15, -0.1) is 0 Å². The Kier molecular flexibility index (Phi) is 5.44. The third-order valence-corrected chi connectivity index (χ3v) is 19.2. The molecule has 4 spiro atoms. The predicted molar refractivity (Wildman–Crippen MR) is 175 cm³/mol. The van der Waals surface area contributed by atoms with Crippen LogP contribution in [0, 0.1) is 66.0 Å². The summed E-state index contributed by atoms with van der Waals surface area (Å²) in [6.45, 7) is 29.7. The molecular weight excluding hydrogens is 492 g/mol. The first-order valence-electron chi connectivity index (χ1n) is 17.8. The van der Waals surface area contributed by atoms with E-state index in [-0.39, 0.29) is 0 Å². The van der Waals surface area contributed by atoms with Crippen LogP contribution in [0.15, 0.2) is 24.3 Å². The van der Waals surface area contributed by atoms with Gasteiger partial charge in [-0.25, -0.2) is 0 Å². The number of rotatable bonds is 0. The Bertz CT molecular complexity index is 1160. The summed E-state index contributed by atoms with van der Waals surface area (Å²) in [7, 11) is 0. The molecule has 0 radical (unpaired) electrons. The average Bonchev–Trinajstić information content (AvgIpc) is 3.85. The van der Waals surface area contributed by atoms with E-state index >= 15 is 0 Å². The summed E-state index contributed by atoms with van der Waals surface area (Å²) < 4.78 is 0. The summed E-state index contributed by atoms with van der Waals surface area (Å²) >= 11 is 0. The molecule has 7 fully saturated rings. The second kappa shape index (κ2) is 7.71. The maximum atomic E-state index is 2.50. The molecule has 1 aromatic carbocycles. The van der Waals surface area contributed by atoms with Gasteiger partial charge in [0.2, 0.25) is 0 Å². The minimum absolute atomic E-state index is 0.499. The second-order valence-corrected chi connectivity index (χ2v) is 20.3. The van der Waals surface area contributed by atoms with Gasteiger partial charge in [0.05, 0.1) is 0 Å². The van der Waals surface area contributed by atoms with Crippen molar-refractivity contribution in [1.82, 2.24) is 0 Å². The Morgan fingerprint density at radius 2 is 0.780 bits per heavy atom. The molecule has 41 heavy (non-hydrogen) atoms. The van der Waals surface area contributed by atoms with Crippen molar-refractivity contribution in [3.63, 3.8) is 0 Å². The zero-order valence-corrected chi connectivity index (χ0v) is 29.2. The van der Waals surface area contributed by atoms with Crippen molar-refractivity contribution in [1.29, 1.82) is 0 Å². The highest BCUT2D eigenvalue weighted by atomic mass is 14.8. The molecule has 8 aliphatic carbocycles. The maximum absolute atomic E-state index is 2.50. The van der Waals surface area contributed by atoms with Gasteiger partial charge in [-0.2, -0.15) is 0 Å². The van der Waals surface area contributed by atoms with Crippen LogP contribution >= 0.6 is 0 Å². The zero-order chi connectivity index (χ0) is 29.9. The van der Waals surface area contributed by atoms with Crippen LogP contribution in [-0.4, -0.2) is 0 Å². The van der Waals surface area contributed by atoms with Crippen molar-refractivity contribution >= 4 is 0 Å². The maximum Gasteiger partial charge on any atom is -0.0103 e. The van der Waals surface area contributed by atoms with Crippen LogP contribution in [0.5, 0.6) is 0 Å². The van der Waals surface area contributed by atoms with E-state index in [0.717, 1.165) is 22.7 Å². The predicted octanol–water partition coefficient (Wildman–Crippen LogP) is 11.7. The summed E-state index contributed by atoms with van der Waals surface area (Å²) in [6.07, 6.45) is 16.5. The summed E-state index contributed by atoms with van der Waals surface area (Å²) in [5.74, 6) is 2.29. The third-order valence-electron chi connectivity index (χ3n) is 19.2. The normalized spacial score (nSPS) is 37.7. The number of hydrogen-bond acceptors (Lipinski definition) is 0. The molecule has 9 rings (SSSR count). The molecule has 8 aliphatic rings. The molecule has 2 atom stereocenters. The average molecular weight is 557 g/mol. The van der Waals surface area contributed by atoms with Gasteiger partial charge in [0.1, 0.15) is 0 Å². The van der Waals surface area contributed by atoms with Crippen LogP contribution < -0.4 is 0 Å². The van der Waals surface area contributed by atoms with E-state index in [1.807, 2.05) is 0 Å². The largest absolute Gasteiger partial charge is 0.0620 e. The fourth-order valence-electron chi connectivity index (χ4n) is 13.1. The first-order valence-corrected chi connectivity index (χ1v) is 17.8. The van der Waals surface area contributed by atoms with Gasteiger partial charge in [-0.05, 0) is 148 Å². The van der Waals surface area contributed by atoms with E-state index in [1.165, 1.54) is 25.7 Å². The summed E-state index contributed by atoms with van der Waals surface area (Å²) in [4.78, 5) is 0. The Balaban J connectivity index is 0.000000102. The molecule has 0 heterocycles. The van der Waals surface area contributed by atoms with Crippen molar-refractivity contribution in [2.75, 3.05) is 0 Å². The highest BCUT2D eigenvalue weighted by Crippen LogP contribution is 2.88. The fourth-order valence-corrected chi connectivity index (χ4v) is 13.1. The lowest BCUT2D eigenvalue weighted by atomic mass is 9.73. The van der Waals surface area contributed by atoms with E-state index in [4.69, 9.17) is 0 Å². The molecular formula is C41H64. The minimum Gasteiger partial charge on any atom is -0.0620 e. The van der Waals surface area contributed by atoms with Gasteiger partial charge in [-0.3, -0.25) is 0 Å². The van der Waals surface area contributed by atoms with Gasteiger partial charge in [0, 0.05) is 0 Å². The van der Waals surface area contributed by atoms with Crippen molar-refractivity contribution in [3.05, 3.63) is 35.4 Å². The molecule has 0 saturated heterocycles. The molecule has 2 unspecified atom stereocenters. The molecule has 228 valence electrons.